The van der Waals surface area contributed by atoms with Crippen molar-refractivity contribution >= 4 is 10.9 Å². The molecular weight excluding hydrogens is 236 g/mol. The van der Waals surface area contributed by atoms with E-state index in [0.717, 1.165) is 13.1 Å². The van der Waals surface area contributed by atoms with Gasteiger partial charge in [-0.25, -0.2) is 0 Å². The predicted octanol–water partition coefficient (Wildman–Crippen LogP) is 2.93. The minimum atomic E-state index is 0.369. The van der Waals surface area contributed by atoms with E-state index in [9.17, 15) is 0 Å². The molecule has 2 atom stereocenters. The molecule has 1 aromatic carbocycles. The zero-order chi connectivity index (χ0) is 13.2. The number of fused-ring (bicyclic) bond motifs is 1. The molecule has 1 aliphatic heterocycles. The zero-order valence-electron chi connectivity index (χ0n) is 11.7. The quantitative estimate of drug-likeness (QED) is 0.912. The van der Waals surface area contributed by atoms with Gasteiger partial charge in [-0.3, -0.25) is 0 Å². The maximum atomic E-state index is 5.95. The van der Waals surface area contributed by atoms with E-state index in [1.807, 2.05) is 7.05 Å². The lowest BCUT2D eigenvalue weighted by Crippen LogP contribution is -2.15. The van der Waals surface area contributed by atoms with Crippen molar-refractivity contribution < 1.29 is 4.74 Å². The van der Waals surface area contributed by atoms with E-state index >= 15 is 0 Å². The molecule has 1 aromatic heterocycles. The van der Waals surface area contributed by atoms with E-state index in [4.69, 9.17) is 4.74 Å². The average molecular weight is 258 g/mol. The Morgan fingerprint density at radius 2 is 2.16 bits per heavy atom. The number of nitrogens with zero attached hydrogens (tertiary/aromatic N) is 1. The van der Waals surface area contributed by atoms with Crippen molar-refractivity contribution in [1.82, 2.24) is 9.88 Å². The third-order valence-corrected chi connectivity index (χ3v) is 3.96. The van der Waals surface area contributed by atoms with E-state index < -0.39 is 0 Å². The van der Waals surface area contributed by atoms with Gasteiger partial charge in [0.15, 0.2) is 0 Å². The Labute approximate surface area is 114 Å². The van der Waals surface area contributed by atoms with Gasteiger partial charge < -0.3 is 14.6 Å². The molecule has 3 nitrogen and oxygen atoms in total. The third-order valence-electron chi connectivity index (χ3n) is 3.96. The Morgan fingerprint density at radius 3 is 2.89 bits per heavy atom. The van der Waals surface area contributed by atoms with Gasteiger partial charge in [0.25, 0.3) is 0 Å². The summed E-state index contributed by atoms with van der Waals surface area (Å²) in [6.07, 6.45) is 5.42. The first kappa shape index (κ1) is 12.7. The normalized spacial score (nSPS) is 23.3. The molecule has 1 N–H and O–H groups in total. The first-order chi connectivity index (χ1) is 9.28. The molecule has 19 heavy (non-hydrogen) atoms. The van der Waals surface area contributed by atoms with Crippen LogP contribution in [-0.2, 0) is 17.8 Å². The molecule has 2 unspecified atom stereocenters. The number of ether oxygens (including phenoxy) is 1. The Morgan fingerprint density at radius 1 is 1.32 bits per heavy atom. The van der Waals surface area contributed by atoms with E-state index in [1.54, 1.807) is 0 Å². The number of benzene rings is 1. The minimum absolute atomic E-state index is 0.369. The van der Waals surface area contributed by atoms with Crippen LogP contribution in [-0.4, -0.2) is 23.8 Å². The van der Waals surface area contributed by atoms with Crippen LogP contribution >= 0.6 is 0 Å². The Kier molecular flexibility index (Phi) is 3.58. The molecular formula is C16H22N2O. The number of rotatable bonds is 4. The predicted molar refractivity (Wildman–Crippen MR) is 78.3 cm³/mol. The second-order valence-electron chi connectivity index (χ2n) is 5.50. The Hall–Kier alpha value is -1.32. The van der Waals surface area contributed by atoms with Gasteiger partial charge in [-0.2, -0.15) is 0 Å². The lowest BCUT2D eigenvalue weighted by atomic mass is 10.2. The fourth-order valence-electron chi connectivity index (χ4n) is 3.04. The first-order valence-electron chi connectivity index (χ1n) is 7.14. The third kappa shape index (κ3) is 2.53. The van der Waals surface area contributed by atoms with Gasteiger partial charge in [-0.05, 0) is 38.4 Å². The van der Waals surface area contributed by atoms with Crippen LogP contribution in [0.15, 0.2) is 30.5 Å². The number of nitrogens with one attached hydrogen (secondary N) is 1. The zero-order valence-corrected chi connectivity index (χ0v) is 11.7. The highest BCUT2D eigenvalue weighted by Crippen LogP contribution is 2.25. The summed E-state index contributed by atoms with van der Waals surface area (Å²) in [5, 5.41) is 4.60. The van der Waals surface area contributed by atoms with Crippen LogP contribution in [0.5, 0.6) is 0 Å². The van der Waals surface area contributed by atoms with E-state index in [2.05, 4.69) is 47.3 Å². The van der Waals surface area contributed by atoms with E-state index in [-0.39, 0.29) is 0 Å². The smallest absolute Gasteiger partial charge is 0.0758 e. The summed E-state index contributed by atoms with van der Waals surface area (Å²) in [7, 11) is 1.99. The molecule has 0 aliphatic carbocycles. The summed E-state index contributed by atoms with van der Waals surface area (Å²) in [5.74, 6) is 0. The Balaban J connectivity index is 1.90. The number of para-hydroxylation sites is 1. The van der Waals surface area contributed by atoms with Gasteiger partial charge in [0.05, 0.1) is 12.2 Å². The summed E-state index contributed by atoms with van der Waals surface area (Å²) in [4.78, 5) is 0. The molecule has 0 spiro atoms. The first-order valence-corrected chi connectivity index (χ1v) is 7.14. The number of hydrogen-bond donors (Lipinski definition) is 1. The molecule has 102 valence electrons. The van der Waals surface area contributed by atoms with Gasteiger partial charge in [0.1, 0.15) is 0 Å². The summed E-state index contributed by atoms with van der Waals surface area (Å²) < 4.78 is 8.30. The van der Waals surface area contributed by atoms with Crippen LogP contribution in [0.1, 0.15) is 25.3 Å². The fraction of sp³-hybridized carbons (Fsp3) is 0.500. The fourth-order valence-corrected chi connectivity index (χ4v) is 3.04. The molecule has 1 fully saturated rings. The average Bonchev–Trinajstić information content (AvgIpc) is 2.97. The van der Waals surface area contributed by atoms with Crippen LogP contribution in [0, 0.1) is 0 Å². The van der Waals surface area contributed by atoms with Gasteiger partial charge in [-0.1, -0.05) is 18.2 Å². The molecule has 0 bridgehead atoms. The van der Waals surface area contributed by atoms with E-state index in [1.165, 1.54) is 29.3 Å². The summed E-state index contributed by atoms with van der Waals surface area (Å²) in [6, 6.07) is 8.63. The SMILES string of the molecule is CNCc1cn(CC2CCC(C)O2)c2ccccc12. The van der Waals surface area contributed by atoms with Gasteiger partial charge in [-0.15, -0.1) is 0 Å². The van der Waals surface area contributed by atoms with Crippen LogP contribution in [0.4, 0.5) is 0 Å². The number of aromatic nitrogens is 1. The molecule has 3 heteroatoms. The van der Waals surface area contributed by atoms with Crippen molar-refractivity contribution in [3.63, 3.8) is 0 Å². The Bertz CT molecular complexity index is 561. The van der Waals surface area contributed by atoms with Crippen molar-refractivity contribution in [3.8, 4) is 0 Å². The summed E-state index contributed by atoms with van der Waals surface area (Å²) in [5.41, 5.74) is 2.68. The number of hydrogen-bond acceptors (Lipinski definition) is 2. The van der Waals surface area contributed by atoms with Gasteiger partial charge in [0, 0.05) is 30.2 Å². The van der Waals surface area contributed by atoms with E-state index in [0.29, 0.717) is 12.2 Å². The second-order valence-corrected chi connectivity index (χ2v) is 5.50. The maximum absolute atomic E-state index is 5.95. The highest BCUT2D eigenvalue weighted by atomic mass is 16.5. The van der Waals surface area contributed by atoms with Crippen LogP contribution in [0.25, 0.3) is 10.9 Å². The van der Waals surface area contributed by atoms with Crippen molar-refractivity contribution in [2.45, 2.75) is 45.1 Å². The largest absolute Gasteiger partial charge is 0.373 e. The summed E-state index contributed by atoms with van der Waals surface area (Å²) in [6.45, 7) is 4.05. The molecule has 1 aliphatic rings. The molecule has 2 aromatic rings. The van der Waals surface area contributed by atoms with Crippen molar-refractivity contribution in [2.75, 3.05) is 7.05 Å². The molecule has 2 heterocycles. The highest BCUT2D eigenvalue weighted by molar-refractivity contribution is 5.83. The topological polar surface area (TPSA) is 26.2 Å². The summed E-state index contributed by atoms with van der Waals surface area (Å²) >= 11 is 0. The van der Waals surface area contributed by atoms with Crippen LogP contribution in [0.2, 0.25) is 0 Å². The van der Waals surface area contributed by atoms with Crippen molar-refractivity contribution in [2.24, 2.45) is 0 Å². The lowest BCUT2D eigenvalue weighted by Gasteiger charge is -2.13. The van der Waals surface area contributed by atoms with Crippen LogP contribution in [0.3, 0.4) is 0 Å². The molecule has 1 saturated heterocycles. The van der Waals surface area contributed by atoms with Crippen LogP contribution < -0.4 is 5.32 Å². The standard InChI is InChI=1S/C16H22N2O/c1-12-7-8-14(19-12)11-18-10-13(9-17-2)15-5-3-4-6-16(15)18/h3-6,10,12,14,17H,7-9,11H2,1-2H3. The van der Waals surface area contributed by atoms with Crippen molar-refractivity contribution in [1.29, 1.82) is 0 Å². The van der Waals surface area contributed by atoms with Crippen molar-refractivity contribution in [3.05, 3.63) is 36.0 Å². The molecule has 0 saturated carbocycles. The van der Waals surface area contributed by atoms with Gasteiger partial charge in [0.2, 0.25) is 0 Å². The molecule has 0 radical (unpaired) electrons. The lowest BCUT2D eigenvalue weighted by molar-refractivity contribution is 0.0465. The monoisotopic (exact) mass is 258 g/mol. The minimum Gasteiger partial charge on any atom is -0.373 e. The highest BCUT2D eigenvalue weighted by Gasteiger charge is 2.22. The maximum Gasteiger partial charge on any atom is 0.0758 e. The second kappa shape index (κ2) is 5.35. The molecule has 0 amide bonds. The molecule has 3 rings (SSSR count). The van der Waals surface area contributed by atoms with Gasteiger partial charge >= 0.3 is 0 Å².